The van der Waals surface area contributed by atoms with Crippen LogP contribution in [0.1, 0.15) is 33.6 Å². The van der Waals surface area contributed by atoms with Crippen molar-refractivity contribution in [1.82, 2.24) is 10.2 Å². The summed E-state index contributed by atoms with van der Waals surface area (Å²) in [6.07, 6.45) is 1.46. The van der Waals surface area contributed by atoms with E-state index in [1.165, 1.54) is 4.90 Å². The maximum Gasteiger partial charge on any atom is 0.322 e. The summed E-state index contributed by atoms with van der Waals surface area (Å²) in [6, 6.07) is 6.76. The molecule has 0 radical (unpaired) electrons. The fourth-order valence-electron chi connectivity index (χ4n) is 2.61. The second kappa shape index (κ2) is 7.55. The van der Waals surface area contributed by atoms with Gasteiger partial charge in [-0.05, 0) is 51.5 Å². The molecule has 7 nitrogen and oxygen atoms in total. The van der Waals surface area contributed by atoms with E-state index in [1.807, 2.05) is 32.9 Å². The molecule has 1 fully saturated rings. The van der Waals surface area contributed by atoms with Gasteiger partial charge in [-0.3, -0.25) is 9.59 Å². The first-order valence-corrected chi connectivity index (χ1v) is 8.39. The standard InChI is InChI=1S/C18H26N4O3/c1-18(2,3)20-15(23)12-21(4)17(25)19-13-7-9-14(10-8-13)22-11-5-6-16(22)24/h7-10H,5-6,11-12H2,1-4H3,(H,19,25)(H,20,23). The molecule has 0 atom stereocenters. The minimum Gasteiger partial charge on any atom is -0.350 e. The number of nitrogens with one attached hydrogen (secondary N) is 2. The van der Waals surface area contributed by atoms with E-state index in [1.54, 1.807) is 24.1 Å². The van der Waals surface area contributed by atoms with E-state index in [2.05, 4.69) is 10.6 Å². The predicted octanol–water partition coefficient (Wildman–Crippen LogP) is 2.19. The number of carbonyl (C=O) groups is 3. The average Bonchev–Trinajstić information content (AvgIpc) is 2.92. The summed E-state index contributed by atoms with van der Waals surface area (Å²) in [4.78, 5) is 38.9. The number of amides is 4. The summed E-state index contributed by atoms with van der Waals surface area (Å²) in [6.45, 7) is 6.37. The molecule has 0 saturated carbocycles. The number of carbonyl (C=O) groups excluding carboxylic acids is 3. The van der Waals surface area contributed by atoms with Crippen molar-refractivity contribution in [3.8, 4) is 0 Å². The Morgan fingerprint density at radius 2 is 1.84 bits per heavy atom. The summed E-state index contributed by atoms with van der Waals surface area (Å²) in [5, 5.41) is 5.56. The molecular formula is C18H26N4O3. The zero-order valence-corrected chi connectivity index (χ0v) is 15.3. The van der Waals surface area contributed by atoms with Crippen LogP contribution in [0.5, 0.6) is 0 Å². The van der Waals surface area contributed by atoms with Crippen molar-refractivity contribution in [3.05, 3.63) is 24.3 Å². The maximum absolute atomic E-state index is 12.2. The molecule has 2 N–H and O–H groups in total. The van der Waals surface area contributed by atoms with E-state index in [0.717, 1.165) is 18.7 Å². The predicted molar refractivity (Wildman–Crippen MR) is 97.6 cm³/mol. The second-order valence-corrected chi connectivity index (χ2v) is 7.28. The minimum absolute atomic E-state index is 0.0243. The van der Waals surface area contributed by atoms with Crippen LogP contribution in [-0.2, 0) is 9.59 Å². The Morgan fingerprint density at radius 1 is 1.20 bits per heavy atom. The molecule has 1 heterocycles. The van der Waals surface area contributed by atoms with Crippen LogP contribution in [0.25, 0.3) is 0 Å². The van der Waals surface area contributed by atoms with Crippen molar-refractivity contribution < 1.29 is 14.4 Å². The molecule has 25 heavy (non-hydrogen) atoms. The lowest BCUT2D eigenvalue weighted by Gasteiger charge is -2.23. The first kappa shape index (κ1) is 18.8. The van der Waals surface area contributed by atoms with E-state index in [9.17, 15) is 14.4 Å². The van der Waals surface area contributed by atoms with Crippen molar-refractivity contribution in [1.29, 1.82) is 0 Å². The summed E-state index contributed by atoms with van der Waals surface area (Å²) in [7, 11) is 1.56. The molecule has 4 amide bonds. The molecule has 1 aliphatic rings. The van der Waals surface area contributed by atoms with Crippen LogP contribution >= 0.6 is 0 Å². The molecule has 0 bridgehead atoms. The number of hydrogen-bond acceptors (Lipinski definition) is 3. The number of hydrogen-bond donors (Lipinski definition) is 2. The van der Waals surface area contributed by atoms with Crippen LogP contribution in [0.2, 0.25) is 0 Å². The van der Waals surface area contributed by atoms with Gasteiger partial charge < -0.3 is 20.4 Å². The third-order valence-corrected chi connectivity index (χ3v) is 3.75. The van der Waals surface area contributed by atoms with Gasteiger partial charge in [0.25, 0.3) is 0 Å². The lowest BCUT2D eigenvalue weighted by Crippen LogP contribution is -2.47. The Morgan fingerprint density at radius 3 is 2.36 bits per heavy atom. The number of urea groups is 1. The maximum atomic E-state index is 12.2. The lowest BCUT2D eigenvalue weighted by atomic mass is 10.1. The molecule has 136 valence electrons. The van der Waals surface area contributed by atoms with E-state index < -0.39 is 0 Å². The first-order valence-electron chi connectivity index (χ1n) is 8.39. The van der Waals surface area contributed by atoms with Gasteiger partial charge in [-0.25, -0.2) is 4.79 Å². The monoisotopic (exact) mass is 346 g/mol. The summed E-state index contributed by atoms with van der Waals surface area (Å²) in [5.74, 6) is -0.0885. The molecule has 0 aliphatic carbocycles. The lowest BCUT2D eigenvalue weighted by molar-refractivity contribution is -0.122. The highest BCUT2D eigenvalue weighted by Crippen LogP contribution is 2.23. The molecule has 1 aromatic carbocycles. The fourth-order valence-corrected chi connectivity index (χ4v) is 2.61. The highest BCUT2D eigenvalue weighted by molar-refractivity contribution is 5.96. The number of rotatable bonds is 4. The minimum atomic E-state index is -0.367. The van der Waals surface area contributed by atoms with E-state index in [4.69, 9.17) is 0 Å². The Balaban J connectivity index is 1.89. The average molecular weight is 346 g/mol. The van der Waals surface area contributed by atoms with E-state index in [-0.39, 0.29) is 29.9 Å². The molecule has 0 aromatic heterocycles. The number of likely N-dealkylation sites (N-methyl/N-ethyl adjacent to an activating group) is 1. The van der Waals surface area contributed by atoms with Crippen LogP contribution in [0, 0.1) is 0 Å². The molecule has 1 aromatic rings. The molecular weight excluding hydrogens is 320 g/mol. The van der Waals surface area contributed by atoms with Crippen molar-refractivity contribution in [3.63, 3.8) is 0 Å². The quantitative estimate of drug-likeness (QED) is 0.877. The normalized spacial score (nSPS) is 14.4. The molecule has 7 heteroatoms. The highest BCUT2D eigenvalue weighted by atomic mass is 16.2. The molecule has 1 saturated heterocycles. The smallest absolute Gasteiger partial charge is 0.322 e. The third kappa shape index (κ3) is 5.48. The first-order chi connectivity index (χ1) is 11.7. The van der Waals surface area contributed by atoms with Gasteiger partial charge in [-0.15, -0.1) is 0 Å². The molecule has 0 unspecified atom stereocenters. The SMILES string of the molecule is CN(CC(=O)NC(C)(C)C)C(=O)Nc1ccc(N2CCCC2=O)cc1. The van der Waals surface area contributed by atoms with E-state index in [0.29, 0.717) is 12.1 Å². The number of anilines is 2. The van der Waals surface area contributed by atoms with Gasteiger partial charge in [0.15, 0.2) is 0 Å². The summed E-state index contributed by atoms with van der Waals surface area (Å²) >= 11 is 0. The fraction of sp³-hybridized carbons (Fsp3) is 0.500. The highest BCUT2D eigenvalue weighted by Gasteiger charge is 2.22. The third-order valence-electron chi connectivity index (χ3n) is 3.75. The van der Waals surface area contributed by atoms with Crippen molar-refractivity contribution in [2.75, 3.05) is 30.4 Å². The van der Waals surface area contributed by atoms with Crippen LogP contribution < -0.4 is 15.5 Å². The topological polar surface area (TPSA) is 81.8 Å². The molecule has 0 spiro atoms. The molecule has 1 aliphatic heterocycles. The zero-order valence-electron chi connectivity index (χ0n) is 15.3. The Labute approximate surface area is 148 Å². The molecule has 2 rings (SSSR count). The Kier molecular flexibility index (Phi) is 5.66. The zero-order chi connectivity index (χ0) is 18.6. The van der Waals surface area contributed by atoms with Crippen LogP contribution in [0.4, 0.5) is 16.2 Å². The summed E-state index contributed by atoms with van der Waals surface area (Å²) < 4.78 is 0. The van der Waals surface area contributed by atoms with Gasteiger partial charge in [-0.1, -0.05) is 0 Å². The van der Waals surface area contributed by atoms with Crippen LogP contribution in [0.3, 0.4) is 0 Å². The Bertz CT molecular complexity index is 649. The van der Waals surface area contributed by atoms with Gasteiger partial charge in [-0.2, -0.15) is 0 Å². The van der Waals surface area contributed by atoms with Crippen molar-refractivity contribution in [2.45, 2.75) is 39.2 Å². The van der Waals surface area contributed by atoms with Gasteiger partial charge in [0, 0.05) is 36.9 Å². The van der Waals surface area contributed by atoms with Gasteiger partial charge in [0.2, 0.25) is 11.8 Å². The van der Waals surface area contributed by atoms with E-state index >= 15 is 0 Å². The number of benzene rings is 1. The van der Waals surface area contributed by atoms with Gasteiger partial charge in [0.1, 0.15) is 6.54 Å². The Hall–Kier alpha value is -2.57. The summed E-state index contributed by atoms with van der Waals surface area (Å²) in [5.41, 5.74) is 1.11. The second-order valence-electron chi connectivity index (χ2n) is 7.28. The van der Waals surface area contributed by atoms with Gasteiger partial charge in [0.05, 0.1) is 0 Å². The number of nitrogens with zero attached hydrogens (tertiary/aromatic N) is 2. The van der Waals surface area contributed by atoms with Crippen LogP contribution in [0.15, 0.2) is 24.3 Å². The largest absolute Gasteiger partial charge is 0.350 e. The van der Waals surface area contributed by atoms with Crippen molar-refractivity contribution in [2.24, 2.45) is 0 Å². The van der Waals surface area contributed by atoms with Crippen molar-refractivity contribution >= 4 is 29.2 Å². The van der Waals surface area contributed by atoms with Crippen LogP contribution in [-0.4, -0.2) is 48.4 Å². The van der Waals surface area contributed by atoms with Gasteiger partial charge >= 0.3 is 6.03 Å².